The Morgan fingerprint density at radius 2 is 1.83 bits per heavy atom. The van der Waals surface area contributed by atoms with Crippen LogP contribution in [0.25, 0.3) is 0 Å². The molecule has 1 aromatic rings. The molecule has 1 fully saturated rings. The molecule has 1 saturated heterocycles. The van der Waals surface area contributed by atoms with Gasteiger partial charge in [0.25, 0.3) is 0 Å². The molecule has 0 bridgehead atoms. The van der Waals surface area contributed by atoms with Crippen molar-refractivity contribution in [2.24, 2.45) is 0 Å². The summed E-state index contributed by atoms with van der Waals surface area (Å²) in [5.74, 6) is 0.782. The van der Waals surface area contributed by atoms with Crippen molar-refractivity contribution in [3.63, 3.8) is 0 Å². The fourth-order valence-corrected chi connectivity index (χ4v) is 1.10. The van der Waals surface area contributed by atoms with Crippen molar-refractivity contribution in [2.45, 2.75) is 20.3 Å². The molecule has 0 saturated carbocycles. The van der Waals surface area contributed by atoms with E-state index in [9.17, 15) is 0 Å². The van der Waals surface area contributed by atoms with Gasteiger partial charge in [0.1, 0.15) is 0 Å². The molecule has 0 aromatic carbocycles. The molecule has 2 heterocycles. The van der Waals surface area contributed by atoms with Crippen molar-refractivity contribution in [1.29, 1.82) is 0 Å². The lowest BCUT2D eigenvalue weighted by Crippen LogP contribution is -2.38. The third-order valence-electron chi connectivity index (χ3n) is 2.22. The molecule has 0 spiro atoms. The summed E-state index contributed by atoms with van der Waals surface area (Å²) in [6, 6.07) is 0. The van der Waals surface area contributed by atoms with Crippen molar-refractivity contribution in [2.75, 3.05) is 18.0 Å². The zero-order valence-corrected chi connectivity index (χ0v) is 7.41. The van der Waals surface area contributed by atoms with Crippen molar-refractivity contribution in [1.82, 2.24) is 15.2 Å². The average Bonchev–Trinajstić information content (AvgIpc) is 1.93. The summed E-state index contributed by atoms with van der Waals surface area (Å²) in [6.45, 7) is 6.04. The summed E-state index contributed by atoms with van der Waals surface area (Å²) >= 11 is 0. The molecule has 4 nitrogen and oxygen atoms in total. The Morgan fingerprint density at radius 1 is 1.08 bits per heavy atom. The van der Waals surface area contributed by atoms with Crippen LogP contribution in [0.15, 0.2) is 0 Å². The van der Waals surface area contributed by atoms with Crippen LogP contribution in [0.3, 0.4) is 0 Å². The minimum Gasteiger partial charge on any atom is -0.339 e. The molecule has 0 unspecified atom stereocenters. The molecular formula is C8H12N4. The minimum absolute atomic E-state index is 0.782. The first-order valence-corrected chi connectivity index (χ1v) is 4.20. The Morgan fingerprint density at radius 3 is 2.33 bits per heavy atom. The molecule has 12 heavy (non-hydrogen) atoms. The Bertz CT molecular complexity index is 293. The van der Waals surface area contributed by atoms with Gasteiger partial charge in [-0.15, -0.1) is 5.10 Å². The zero-order chi connectivity index (χ0) is 8.55. The fraction of sp³-hybridized carbons (Fsp3) is 0.625. The van der Waals surface area contributed by atoms with Crippen LogP contribution < -0.4 is 4.90 Å². The smallest absolute Gasteiger partial charge is 0.245 e. The fourth-order valence-electron chi connectivity index (χ4n) is 1.10. The van der Waals surface area contributed by atoms with Crippen molar-refractivity contribution in [3.05, 3.63) is 11.4 Å². The van der Waals surface area contributed by atoms with Gasteiger partial charge in [0.05, 0.1) is 11.4 Å². The van der Waals surface area contributed by atoms with Crippen LogP contribution in [0.5, 0.6) is 0 Å². The first-order valence-electron chi connectivity index (χ1n) is 4.20. The number of aromatic nitrogens is 3. The highest BCUT2D eigenvalue weighted by Crippen LogP contribution is 2.14. The van der Waals surface area contributed by atoms with Gasteiger partial charge in [0, 0.05) is 13.1 Å². The van der Waals surface area contributed by atoms with Gasteiger partial charge in [0.15, 0.2) is 0 Å². The molecule has 1 aliphatic heterocycles. The largest absolute Gasteiger partial charge is 0.339 e. The van der Waals surface area contributed by atoms with Gasteiger partial charge in [-0.2, -0.15) is 5.10 Å². The summed E-state index contributed by atoms with van der Waals surface area (Å²) in [6.07, 6.45) is 1.25. The molecule has 4 heteroatoms. The number of rotatable bonds is 1. The van der Waals surface area contributed by atoms with Gasteiger partial charge >= 0.3 is 0 Å². The lowest BCUT2D eigenvalue weighted by atomic mass is 10.2. The Labute approximate surface area is 71.6 Å². The van der Waals surface area contributed by atoms with Crippen LogP contribution in [-0.4, -0.2) is 28.3 Å². The summed E-state index contributed by atoms with van der Waals surface area (Å²) < 4.78 is 0. The first kappa shape index (κ1) is 7.46. The van der Waals surface area contributed by atoms with Gasteiger partial charge in [-0.05, 0) is 20.3 Å². The number of nitrogens with zero attached hydrogens (tertiary/aromatic N) is 4. The second-order valence-electron chi connectivity index (χ2n) is 3.12. The highest BCUT2D eigenvalue weighted by Gasteiger charge is 2.17. The summed E-state index contributed by atoms with van der Waals surface area (Å²) in [5, 5.41) is 8.05. The summed E-state index contributed by atoms with van der Waals surface area (Å²) in [5.41, 5.74) is 1.89. The molecular weight excluding hydrogens is 152 g/mol. The van der Waals surface area contributed by atoms with Gasteiger partial charge in [-0.3, -0.25) is 0 Å². The predicted molar refractivity (Wildman–Crippen MR) is 46.1 cm³/mol. The van der Waals surface area contributed by atoms with Crippen molar-refractivity contribution in [3.8, 4) is 0 Å². The maximum atomic E-state index is 4.35. The van der Waals surface area contributed by atoms with Crippen LogP contribution in [-0.2, 0) is 0 Å². The summed E-state index contributed by atoms with van der Waals surface area (Å²) in [4.78, 5) is 6.49. The molecule has 64 valence electrons. The van der Waals surface area contributed by atoms with Crippen molar-refractivity contribution >= 4 is 5.95 Å². The third kappa shape index (κ3) is 1.13. The van der Waals surface area contributed by atoms with E-state index >= 15 is 0 Å². The van der Waals surface area contributed by atoms with E-state index in [1.807, 2.05) is 13.8 Å². The van der Waals surface area contributed by atoms with E-state index in [1.54, 1.807) is 0 Å². The number of hydrogen-bond acceptors (Lipinski definition) is 4. The van der Waals surface area contributed by atoms with Gasteiger partial charge < -0.3 is 4.90 Å². The zero-order valence-electron chi connectivity index (χ0n) is 7.41. The highest BCUT2D eigenvalue weighted by molar-refractivity contribution is 5.32. The van der Waals surface area contributed by atoms with E-state index in [0.29, 0.717) is 0 Å². The van der Waals surface area contributed by atoms with Crippen LogP contribution in [0.2, 0.25) is 0 Å². The molecule has 0 atom stereocenters. The average molecular weight is 164 g/mol. The van der Waals surface area contributed by atoms with E-state index in [4.69, 9.17) is 0 Å². The Balaban J connectivity index is 2.27. The number of aryl methyl sites for hydroxylation is 2. The molecule has 0 amide bonds. The molecule has 1 aromatic heterocycles. The predicted octanol–water partition coefficient (Wildman–Crippen LogP) is 0.699. The second kappa shape index (κ2) is 2.69. The third-order valence-corrected chi connectivity index (χ3v) is 2.22. The lowest BCUT2D eigenvalue weighted by Gasteiger charge is -2.30. The van der Waals surface area contributed by atoms with Crippen molar-refractivity contribution < 1.29 is 0 Å². The monoisotopic (exact) mass is 164 g/mol. The number of anilines is 1. The van der Waals surface area contributed by atoms with Gasteiger partial charge in [0.2, 0.25) is 5.95 Å². The van der Waals surface area contributed by atoms with Crippen LogP contribution >= 0.6 is 0 Å². The lowest BCUT2D eigenvalue weighted by molar-refractivity contribution is 0.592. The van der Waals surface area contributed by atoms with E-state index in [0.717, 1.165) is 30.4 Å². The molecule has 0 radical (unpaired) electrons. The highest BCUT2D eigenvalue weighted by atomic mass is 15.3. The SMILES string of the molecule is Cc1nnc(N2CCC2)nc1C. The van der Waals surface area contributed by atoms with Gasteiger partial charge in [-0.1, -0.05) is 0 Å². The van der Waals surface area contributed by atoms with E-state index in [1.165, 1.54) is 6.42 Å². The van der Waals surface area contributed by atoms with Gasteiger partial charge in [-0.25, -0.2) is 4.98 Å². The standard InChI is InChI=1S/C8H12N4/c1-6-7(2)10-11-8(9-6)12-4-3-5-12/h3-5H2,1-2H3. The van der Waals surface area contributed by atoms with Crippen LogP contribution in [0.4, 0.5) is 5.95 Å². The van der Waals surface area contributed by atoms with Crippen LogP contribution in [0.1, 0.15) is 17.8 Å². The topological polar surface area (TPSA) is 41.9 Å². The normalized spacial score (nSPS) is 16.0. The number of hydrogen-bond donors (Lipinski definition) is 0. The quantitative estimate of drug-likeness (QED) is 0.612. The summed E-state index contributed by atoms with van der Waals surface area (Å²) in [7, 11) is 0. The molecule has 0 aliphatic carbocycles. The Hall–Kier alpha value is -1.19. The molecule has 0 N–H and O–H groups in total. The maximum absolute atomic E-state index is 4.35. The second-order valence-corrected chi connectivity index (χ2v) is 3.12. The Kier molecular flexibility index (Phi) is 1.67. The molecule has 1 aliphatic rings. The molecule has 2 rings (SSSR count). The van der Waals surface area contributed by atoms with E-state index in [-0.39, 0.29) is 0 Å². The minimum atomic E-state index is 0.782. The van der Waals surface area contributed by atoms with E-state index < -0.39 is 0 Å². The van der Waals surface area contributed by atoms with Crippen LogP contribution in [0, 0.1) is 13.8 Å². The first-order chi connectivity index (χ1) is 5.77. The maximum Gasteiger partial charge on any atom is 0.245 e. The van der Waals surface area contributed by atoms with E-state index in [2.05, 4.69) is 20.1 Å².